The molecule has 0 aliphatic rings. The third-order valence-corrected chi connectivity index (χ3v) is 2.85. The summed E-state index contributed by atoms with van der Waals surface area (Å²) in [5.74, 6) is 0.576. The molecule has 1 aromatic carbocycles. The molecule has 0 atom stereocenters. The topological polar surface area (TPSA) is 25.8 Å². The van der Waals surface area contributed by atoms with Crippen LogP contribution in [0.25, 0.3) is 10.9 Å². The molecular formula is C14H13F3N2. The minimum Gasteiger partial charge on any atom is -0.237 e. The van der Waals surface area contributed by atoms with Crippen LogP contribution in [0.1, 0.15) is 36.8 Å². The third kappa shape index (κ3) is 3.03. The lowest BCUT2D eigenvalue weighted by molar-refractivity contribution is -0.137. The standard InChI is InChI=1S/C14H13F3N2/c1-3-4-5-13-18-9(2)11-8-10(14(15,16)17)6-7-12(11)19-13/h2,6-8H,3-5H2,1H3. The number of unbranched alkanes of at least 4 members (excludes halogenated alkanes) is 1. The molecule has 100 valence electrons. The third-order valence-electron chi connectivity index (χ3n) is 2.85. The number of fused-ring (bicyclic) bond motifs is 1. The number of hydrogen-bond donors (Lipinski definition) is 0. The second kappa shape index (κ2) is 5.15. The van der Waals surface area contributed by atoms with Gasteiger partial charge in [0.2, 0.25) is 0 Å². The number of hydrogen-bond acceptors (Lipinski definition) is 2. The SMILES string of the molecule is [CH]c1nc(CCCC)nc2ccc(C(F)(F)F)cc12. The molecule has 2 nitrogen and oxygen atoms in total. The molecule has 0 N–H and O–H groups in total. The lowest BCUT2D eigenvalue weighted by Gasteiger charge is -2.09. The van der Waals surface area contributed by atoms with E-state index in [1.807, 2.05) is 6.92 Å². The fraction of sp³-hybridized carbons (Fsp3) is 0.357. The molecule has 5 heteroatoms. The van der Waals surface area contributed by atoms with Gasteiger partial charge in [0.15, 0.2) is 0 Å². The van der Waals surface area contributed by atoms with E-state index in [0.29, 0.717) is 17.8 Å². The Balaban J connectivity index is 2.48. The number of aromatic nitrogens is 2. The van der Waals surface area contributed by atoms with Crippen molar-refractivity contribution in [2.45, 2.75) is 32.4 Å². The lowest BCUT2D eigenvalue weighted by Crippen LogP contribution is -2.06. The van der Waals surface area contributed by atoms with Gasteiger partial charge in [-0.2, -0.15) is 13.2 Å². The van der Waals surface area contributed by atoms with Crippen LogP contribution < -0.4 is 0 Å². The summed E-state index contributed by atoms with van der Waals surface area (Å²) >= 11 is 0. The van der Waals surface area contributed by atoms with E-state index in [1.54, 1.807) is 0 Å². The van der Waals surface area contributed by atoms with Gasteiger partial charge in [-0.05, 0) is 24.6 Å². The Kier molecular flexibility index (Phi) is 3.73. The summed E-state index contributed by atoms with van der Waals surface area (Å²) in [5.41, 5.74) is -0.189. The van der Waals surface area contributed by atoms with Crippen LogP contribution in [-0.4, -0.2) is 9.97 Å². The van der Waals surface area contributed by atoms with Crippen LogP contribution in [-0.2, 0) is 12.6 Å². The van der Waals surface area contributed by atoms with Crippen LogP contribution >= 0.6 is 0 Å². The summed E-state index contributed by atoms with van der Waals surface area (Å²) in [6.07, 6.45) is -1.79. The highest BCUT2D eigenvalue weighted by atomic mass is 19.4. The van der Waals surface area contributed by atoms with E-state index < -0.39 is 11.7 Å². The first-order valence-electron chi connectivity index (χ1n) is 6.05. The molecule has 0 bridgehead atoms. The number of halogens is 3. The molecule has 19 heavy (non-hydrogen) atoms. The minimum absolute atomic E-state index is 0.0993. The van der Waals surface area contributed by atoms with Crippen molar-refractivity contribution in [2.75, 3.05) is 0 Å². The smallest absolute Gasteiger partial charge is 0.237 e. The fourth-order valence-corrected chi connectivity index (χ4v) is 1.83. The van der Waals surface area contributed by atoms with Gasteiger partial charge in [-0.15, -0.1) is 0 Å². The predicted octanol–water partition coefficient (Wildman–Crippen LogP) is 4.05. The molecule has 2 aromatic rings. The maximum absolute atomic E-state index is 12.6. The number of rotatable bonds is 3. The summed E-state index contributed by atoms with van der Waals surface area (Å²) in [6.45, 7) is 7.76. The zero-order valence-electron chi connectivity index (χ0n) is 10.5. The molecule has 0 aliphatic carbocycles. The average Bonchev–Trinajstić information content (AvgIpc) is 2.35. The number of nitrogens with zero attached hydrogens (tertiary/aromatic N) is 2. The zero-order valence-corrected chi connectivity index (χ0v) is 10.5. The van der Waals surface area contributed by atoms with Gasteiger partial charge in [0.1, 0.15) is 5.82 Å². The molecular weight excluding hydrogens is 253 g/mol. The molecule has 0 unspecified atom stereocenters. The van der Waals surface area contributed by atoms with Gasteiger partial charge in [0, 0.05) is 18.7 Å². The molecule has 2 radical (unpaired) electrons. The Labute approximate surface area is 109 Å². The van der Waals surface area contributed by atoms with Gasteiger partial charge in [0.05, 0.1) is 16.8 Å². The fourth-order valence-electron chi connectivity index (χ4n) is 1.83. The summed E-state index contributed by atoms with van der Waals surface area (Å²) in [4.78, 5) is 8.30. The van der Waals surface area contributed by atoms with E-state index in [-0.39, 0.29) is 11.1 Å². The first kappa shape index (κ1) is 13.8. The highest BCUT2D eigenvalue weighted by molar-refractivity contribution is 5.82. The zero-order chi connectivity index (χ0) is 14.0. The Morgan fingerprint density at radius 2 is 1.95 bits per heavy atom. The van der Waals surface area contributed by atoms with Gasteiger partial charge in [0.25, 0.3) is 0 Å². The summed E-state index contributed by atoms with van der Waals surface area (Å²) in [6, 6.07) is 3.35. The van der Waals surface area contributed by atoms with Crippen LogP contribution in [0.3, 0.4) is 0 Å². The highest BCUT2D eigenvalue weighted by Crippen LogP contribution is 2.31. The van der Waals surface area contributed by atoms with Crippen molar-refractivity contribution in [3.05, 3.63) is 42.2 Å². The molecule has 0 spiro atoms. The van der Waals surface area contributed by atoms with Gasteiger partial charge in [-0.1, -0.05) is 13.3 Å². The van der Waals surface area contributed by atoms with Crippen LogP contribution in [0.2, 0.25) is 0 Å². The van der Waals surface area contributed by atoms with E-state index >= 15 is 0 Å². The monoisotopic (exact) mass is 266 g/mol. The molecule has 2 rings (SSSR count). The minimum atomic E-state index is -4.39. The van der Waals surface area contributed by atoms with Crippen molar-refractivity contribution >= 4 is 10.9 Å². The normalized spacial score (nSPS) is 12.1. The molecule has 1 heterocycles. The van der Waals surface area contributed by atoms with Crippen molar-refractivity contribution in [1.82, 2.24) is 9.97 Å². The Hall–Kier alpha value is -1.65. The molecule has 0 amide bonds. The Morgan fingerprint density at radius 3 is 2.58 bits per heavy atom. The number of benzene rings is 1. The van der Waals surface area contributed by atoms with Crippen molar-refractivity contribution in [3.63, 3.8) is 0 Å². The first-order valence-corrected chi connectivity index (χ1v) is 6.05. The van der Waals surface area contributed by atoms with Crippen LogP contribution in [0.15, 0.2) is 18.2 Å². The van der Waals surface area contributed by atoms with Gasteiger partial charge >= 0.3 is 6.18 Å². The second-order valence-corrected chi connectivity index (χ2v) is 4.36. The Bertz CT molecular complexity index is 591. The molecule has 0 saturated carbocycles. The first-order chi connectivity index (χ1) is 8.91. The second-order valence-electron chi connectivity index (χ2n) is 4.36. The maximum Gasteiger partial charge on any atom is 0.416 e. The van der Waals surface area contributed by atoms with E-state index in [4.69, 9.17) is 6.92 Å². The van der Waals surface area contributed by atoms with Crippen LogP contribution in [0.5, 0.6) is 0 Å². The highest BCUT2D eigenvalue weighted by Gasteiger charge is 2.30. The van der Waals surface area contributed by atoms with Gasteiger partial charge in [-0.3, -0.25) is 0 Å². The largest absolute Gasteiger partial charge is 0.416 e. The van der Waals surface area contributed by atoms with Crippen molar-refractivity contribution < 1.29 is 13.2 Å². The predicted molar refractivity (Wildman–Crippen MR) is 66.6 cm³/mol. The van der Waals surface area contributed by atoms with Crippen LogP contribution in [0.4, 0.5) is 13.2 Å². The van der Waals surface area contributed by atoms with Crippen LogP contribution in [0, 0.1) is 6.92 Å². The van der Waals surface area contributed by atoms with Crippen molar-refractivity contribution in [2.24, 2.45) is 0 Å². The molecule has 0 fully saturated rings. The summed E-state index contributed by atoms with van der Waals surface area (Å²) < 4.78 is 37.8. The number of alkyl halides is 3. The van der Waals surface area contributed by atoms with Crippen molar-refractivity contribution in [1.29, 1.82) is 0 Å². The maximum atomic E-state index is 12.6. The summed E-state index contributed by atoms with van der Waals surface area (Å²) in [5, 5.41) is 0.245. The quantitative estimate of drug-likeness (QED) is 0.837. The lowest BCUT2D eigenvalue weighted by atomic mass is 10.1. The molecule has 0 saturated heterocycles. The average molecular weight is 266 g/mol. The molecule has 0 aliphatic heterocycles. The van der Waals surface area contributed by atoms with E-state index in [1.165, 1.54) is 6.07 Å². The van der Waals surface area contributed by atoms with E-state index in [2.05, 4.69) is 9.97 Å². The number of aryl methyl sites for hydroxylation is 1. The van der Waals surface area contributed by atoms with E-state index in [9.17, 15) is 13.2 Å². The summed E-state index contributed by atoms with van der Waals surface area (Å²) in [7, 11) is 0. The van der Waals surface area contributed by atoms with E-state index in [0.717, 1.165) is 25.0 Å². The Morgan fingerprint density at radius 1 is 1.21 bits per heavy atom. The van der Waals surface area contributed by atoms with Gasteiger partial charge in [-0.25, -0.2) is 9.97 Å². The van der Waals surface area contributed by atoms with Gasteiger partial charge < -0.3 is 0 Å². The molecule has 1 aromatic heterocycles. The van der Waals surface area contributed by atoms with Crippen molar-refractivity contribution in [3.8, 4) is 0 Å².